The summed E-state index contributed by atoms with van der Waals surface area (Å²) in [7, 11) is 1.59. The number of ether oxygens (including phenoxy) is 1. The lowest BCUT2D eigenvalue weighted by molar-refractivity contribution is 0.267. The van der Waals surface area contributed by atoms with Gasteiger partial charge in [0, 0.05) is 12.6 Å². The first-order chi connectivity index (χ1) is 8.10. The van der Waals surface area contributed by atoms with E-state index in [1.54, 1.807) is 7.11 Å². The number of anilines is 1. The lowest BCUT2D eigenvalue weighted by Crippen LogP contribution is -2.27. The molecule has 0 bridgehead atoms. The Balaban J connectivity index is 2.85. The van der Waals surface area contributed by atoms with Crippen molar-refractivity contribution in [2.45, 2.75) is 33.2 Å². The Bertz CT molecular complexity index is 356. The van der Waals surface area contributed by atoms with Crippen molar-refractivity contribution in [3.05, 3.63) is 11.9 Å². The molecular formula is C12H21N3O2. The Hall–Kier alpha value is -1.36. The molecule has 0 amide bonds. The lowest BCUT2D eigenvalue weighted by Gasteiger charge is -2.23. The number of aliphatic hydroxyl groups excluding tert-OH is 1. The fraction of sp³-hybridized carbons (Fsp3) is 0.667. The largest absolute Gasteiger partial charge is 0.481 e. The second kappa shape index (κ2) is 6.39. The maximum Gasteiger partial charge on any atom is 0.221 e. The van der Waals surface area contributed by atoms with Crippen LogP contribution in [0.4, 0.5) is 5.82 Å². The first-order valence-corrected chi connectivity index (χ1v) is 5.83. The van der Waals surface area contributed by atoms with Crippen molar-refractivity contribution in [2.75, 3.05) is 19.0 Å². The van der Waals surface area contributed by atoms with Gasteiger partial charge >= 0.3 is 0 Å². The summed E-state index contributed by atoms with van der Waals surface area (Å²) in [5.74, 6) is 1.76. The molecule has 5 nitrogen and oxygen atoms in total. The average molecular weight is 239 g/mol. The Morgan fingerprint density at radius 1 is 1.41 bits per heavy atom. The van der Waals surface area contributed by atoms with Crippen LogP contribution < -0.4 is 10.1 Å². The summed E-state index contributed by atoms with van der Waals surface area (Å²) < 4.78 is 5.15. The molecule has 1 rings (SSSR count). The number of nitrogens with one attached hydrogen (secondary N) is 1. The van der Waals surface area contributed by atoms with E-state index in [-0.39, 0.29) is 12.6 Å². The molecule has 1 aromatic heterocycles. The number of aliphatic hydroxyl groups is 1. The summed E-state index contributed by atoms with van der Waals surface area (Å²) in [4.78, 5) is 8.24. The zero-order valence-corrected chi connectivity index (χ0v) is 10.9. The molecule has 2 N–H and O–H groups in total. The van der Waals surface area contributed by atoms with E-state index in [0.717, 1.165) is 11.4 Å². The van der Waals surface area contributed by atoms with E-state index in [2.05, 4.69) is 29.1 Å². The molecule has 0 aliphatic carbocycles. The quantitative estimate of drug-likeness (QED) is 0.789. The maximum atomic E-state index is 9.04. The van der Waals surface area contributed by atoms with Crippen molar-refractivity contribution >= 4 is 5.82 Å². The summed E-state index contributed by atoms with van der Waals surface area (Å²) in [6.07, 6.45) is 2.17. The van der Waals surface area contributed by atoms with Crippen LogP contribution in [0.15, 0.2) is 6.33 Å². The molecule has 1 atom stereocenters. The summed E-state index contributed by atoms with van der Waals surface area (Å²) >= 11 is 0. The first-order valence-electron chi connectivity index (χ1n) is 5.83. The molecule has 5 heteroatoms. The number of hydrogen-bond acceptors (Lipinski definition) is 5. The predicted molar refractivity (Wildman–Crippen MR) is 67.3 cm³/mol. The lowest BCUT2D eigenvalue weighted by atomic mass is 10.0. The van der Waals surface area contributed by atoms with Crippen molar-refractivity contribution in [1.82, 2.24) is 9.97 Å². The van der Waals surface area contributed by atoms with E-state index in [4.69, 9.17) is 9.84 Å². The topological polar surface area (TPSA) is 67.3 Å². The van der Waals surface area contributed by atoms with Crippen LogP contribution in [0.3, 0.4) is 0 Å². The minimum Gasteiger partial charge on any atom is -0.481 e. The third-order valence-electron chi connectivity index (χ3n) is 2.80. The molecule has 0 aromatic carbocycles. The van der Waals surface area contributed by atoms with Gasteiger partial charge in [0.05, 0.1) is 12.7 Å². The predicted octanol–water partition coefficient (Wildman–Crippen LogP) is 1.61. The van der Waals surface area contributed by atoms with Gasteiger partial charge in [0.1, 0.15) is 12.1 Å². The molecule has 0 aliphatic heterocycles. The normalized spacial score (nSPS) is 12.6. The number of methoxy groups -OCH3 is 1. The van der Waals surface area contributed by atoms with Gasteiger partial charge < -0.3 is 15.2 Å². The van der Waals surface area contributed by atoms with Gasteiger partial charge in [-0.3, -0.25) is 0 Å². The van der Waals surface area contributed by atoms with E-state index in [0.29, 0.717) is 18.2 Å². The molecule has 0 fully saturated rings. The molecule has 0 radical (unpaired) electrons. The molecule has 1 unspecified atom stereocenters. The minimum atomic E-state index is 0.164. The van der Waals surface area contributed by atoms with E-state index in [1.165, 1.54) is 6.33 Å². The number of hydrogen-bond donors (Lipinski definition) is 2. The van der Waals surface area contributed by atoms with E-state index in [9.17, 15) is 0 Å². The highest BCUT2D eigenvalue weighted by molar-refractivity contribution is 5.48. The third-order valence-corrected chi connectivity index (χ3v) is 2.80. The molecule has 1 heterocycles. The summed E-state index contributed by atoms with van der Waals surface area (Å²) in [5, 5.41) is 12.4. The minimum absolute atomic E-state index is 0.164. The zero-order chi connectivity index (χ0) is 12.8. The van der Waals surface area contributed by atoms with Crippen molar-refractivity contribution in [1.29, 1.82) is 0 Å². The SMILES string of the molecule is COc1ncnc(NC(CCO)C(C)C)c1C. The van der Waals surface area contributed by atoms with E-state index < -0.39 is 0 Å². The molecule has 0 aliphatic rings. The molecule has 17 heavy (non-hydrogen) atoms. The Labute approximate surface area is 102 Å². The van der Waals surface area contributed by atoms with Crippen LogP contribution in [0, 0.1) is 12.8 Å². The molecule has 96 valence electrons. The highest BCUT2D eigenvalue weighted by Gasteiger charge is 2.15. The van der Waals surface area contributed by atoms with Crippen LogP contribution in [-0.4, -0.2) is 34.8 Å². The van der Waals surface area contributed by atoms with Gasteiger partial charge in [0.25, 0.3) is 0 Å². The Morgan fingerprint density at radius 2 is 2.12 bits per heavy atom. The second-order valence-electron chi connectivity index (χ2n) is 4.36. The summed E-state index contributed by atoms with van der Waals surface area (Å²) in [6, 6.07) is 0.193. The van der Waals surface area contributed by atoms with Gasteiger partial charge in [-0.25, -0.2) is 9.97 Å². The van der Waals surface area contributed by atoms with Crippen molar-refractivity contribution in [2.24, 2.45) is 5.92 Å². The second-order valence-corrected chi connectivity index (χ2v) is 4.36. The smallest absolute Gasteiger partial charge is 0.221 e. The third kappa shape index (κ3) is 3.56. The zero-order valence-electron chi connectivity index (χ0n) is 10.9. The molecule has 0 spiro atoms. The fourth-order valence-electron chi connectivity index (χ4n) is 1.67. The van der Waals surface area contributed by atoms with Crippen molar-refractivity contribution in [3.63, 3.8) is 0 Å². The number of rotatable bonds is 6. The average Bonchev–Trinajstić information content (AvgIpc) is 2.30. The van der Waals surface area contributed by atoms with Crippen LogP contribution in [0.5, 0.6) is 5.88 Å². The molecular weight excluding hydrogens is 218 g/mol. The van der Waals surface area contributed by atoms with Gasteiger partial charge in [-0.15, -0.1) is 0 Å². The standard InChI is InChI=1S/C12H21N3O2/c1-8(2)10(5-6-16)15-11-9(3)12(17-4)14-7-13-11/h7-8,10,16H,5-6H2,1-4H3,(H,13,14,15). The van der Waals surface area contributed by atoms with Crippen LogP contribution >= 0.6 is 0 Å². The van der Waals surface area contributed by atoms with Crippen molar-refractivity contribution < 1.29 is 9.84 Å². The van der Waals surface area contributed by atoms with Gasteiger partial charge in [-0.05, 0) is 19.3 Å². The van der Waals surface area contributed by atoms with Crippen molar-refractivity contribution in [3.8, 4) is 5.88 Å². The van der Waals surface area contributed by atoms with Crippen LogP contribution in [-0.2, 0) is 0 Å². The Morgan fingerprint density at radius 3 is 2.65 bits per heavy atom. The highest BCUT2D eigenvalue weighted by Crippen LogP contribution is 2.22. The Kier molecular flexibility index (Phi) is 5.15. The van der Waals surface area contributed by atoms with Gasteiger partial charge in [0.15, 0.2) is 0 Å². The van der Waals surface area contributed by atoms with Gasteiger partial charge in [-0.1, -0.05) is 13.8 Å². The van der Waals surface area contributed by atoms with Crippen LogP contribution in [0.2, 0.25) is 0 Å². The van der Waals surface area contributed by atoms with Crippen LogP contribution in [0.1, 0.15) is 25.8 Å². The highest BCUT2D eigenvalue weighted by atomic mass is 16.5. The van der Waals surface area contributed by atoms with E-state index in [1.807, 2.05) is 6.92 Å². The maximum absolute atomic E-state index is 9.04. The van der Waals surface area contributed by atoms with E-state index >= 15 is 0 Å². The number of nitrogens with zero attached hydrogens (tertiary/aromatic N) is 2. The van der Waals surface area contributed by atoms with Gasteiger partial charge in [-0.2, -0.15) is 0 Å². The fourth-order valence-corrected chi connectivity index (χ4v) is 1.67. The molecule has 1 aromatic rings. The monoisotopic (exact) mass is 239 g/mol. The molecule has 0 saturated heterocycles. The molecule has 0 saturated carbocycles. The first kappa shape index (κ1) is 13.7. The van der Waals surface area contributed by atoms with Crippen LogP contribution in [0.25, 0.3) is 0 Å². The summed E-state index contributed by atoms with van der Waals surface area (Å²) in [6.45, 7) is 6.30. The summed E-state index contributed by atoms with van der Waals surface area (Å²) in [5.41, 5.74) is 0.888. The number of aromatic nitrogens is 2. The van der Waals surface area contributed by atoms with Gasteiger partial charge in [0.2, 0.25) is 5.88 Å².